The first-order valence-corrected chi connectivity index (χ1v) is 4.84. The highest BCUT2D eigenvalue weighted by molar-refractivity contribution is 7.94. The minimum Gasteiger partial charge on any atom is -0.388 e. The predicted octanol–water partition coefficient (Wildman–Crippen LogP) is 2.39. The summed E-state index contributed by atoms with van der Waals surface area (Å²) in [6, 6.07) is 6.13. The van der Waals surface area contributed by atoms with E-state index in [-0.39, 0.29) is 0 Å². The standard InChI is InChI=1S/C8H10N2OS/c1-9-6-3-4-7-8(5-6)10(7)11-12-2/h3-5,9H,1-2H3. The van der Waals surface area contributed by atoms with Crippen molar-refractivity contribution in [3.63, 3.8) is 0 Å². The highest BCUT2D eigenvalue weighted by atomic mass is 32.2. The molecule has 1 aromatic rings. The van der Waals surface area contributed by atoms with Crippen molar-refractivity contribution in [1.29, 1.82) is 0 Å². The molecule has 0 bridgehead atoms. The van der Waals surface area contributed by atoms with Gasteiger partial charge in [-0.15, -0.1) is 0 Å². The van der Waals surface area contributed by atoms with Crippen LogP contribution in [0.3, 0.4) is 0 Å². The molecule has 12 heavy (non-hydrogen) atoms. The minimum atomic E-state index is 1.11. The molecule has 0 aromatic heterocycles. The molecule has 1 aromatic carbocycles. The molecular weight excluding hydrogens is 172 g/mol. The van der Waals surface area contributed by atoms with E-state index in [4.69, 9.17) is 4.28 Å². The third kappa shape index (κ3) is 1.13. The number of nitrogens with one attached hydrogen (secondary N) is 1. The Morgan fingerprint density at radius 1 is 1.42 bits per heavy atom. The lowest BCUT2D eigenvalue weighted by Crippen LogP contribution is -1.91. The van der Waals surface area contributed by atoms with Crippen molar-refractivity contribution in [2.45, 2.75) is 0 Å². The summed E-state index contributed by atoms with van der Waals surface area (Å²) < 4.78 is 5.24. The predicted molar refractivity (Wildman–Crippen MR) is 52.7 cm³/mol. The summed E-state index contributed by atoms with van der Waals surface area (Å²) in [5, 5.41) is 4.89. The molecule has 0 aliphatic carbocycles. The third-order valence-electron chi connectivity index (χ3n) is 1.80. The Morgan fingerprint density at radius 2 is 2.25 bits per heavy atom. The number of hydrogen-bond acceptors (Lipinski definition) is 4. The molecule has 0 atom stereocenters. The molecule has 64 valence electrons. The van der Waals surface area contributed by atoms with Gasteiger partial charge in [0.05, 0.1) is 11.4 Å². The number of nitrogens with zero attached hydrogens (tertiary/aromatic N) is 1. The molecule has 0 unspecified atom stereocenters. The summed E-state index contributed by atoms with van der Waals surface area (Å²) in [6.07, 6.45) is 1.90. The van der Waals surface area contributed by atoms with Crippen LogP contribution in [0.15, 0.2) is 18.2 Å². The van der Waals surface area contributed by atoms with Gasteiger partial charge in [0.1, 0.15) is 0 Å². The topological polar surface area (TPSA) is 24.3 Å². The normalized spacial score (nSPS) is 12.7. The van der Waals surface area contributed by atoms with E-state index in [9.17, 15) is 0 Å². The molecule has 0 saturated heterocycles. The molecule has 4 heteroatoms. The van der Waals surface area contributed by atoms with Gasteiger partial charge in [0.15, 0.2) is 0 Å². The highest BCUT2D eigenvalue weighted by Gasteiger charge is 2.30. The van der Waals surface area contributed by atoms with Gasteiger partial charge in [-0.2, -0.15) is 4.28 Å². The van der Waals surface area contributed by atoms with Crippen molar-refractivity contribution in [3.8, 4) is 0 Å². The molecule has 0 radical (unpaired) electrons. The van der Waals surface area contributed by atoms with E-state index >= 15 is 0 Å². The van der Waals surface area contributed by atoms with Crippen LogP contribution >= 0.6 is 12.0 Å². The second-order valence-electron chi connectivity index (χ2n) is 2.49. The average Bonchev–Trinajstić information content (AvgIpc) is 2.79. The van der Waals surface area contributed by atoms with Crippen LogP contribution in [0.1, 0.15) is 0 Å². The maximum atomic E-state index is 5.24. The van der Waals surface area contributed by atoms with Crippen LogP contribution in [0.5, 0.6) is 0 Å². The molecule has 1 aliphatic rings. The van der Waals surface area contributed by atoms with Crippen LogP contribution in [0.4, 0.5) is 17.1 Å². The smallest absolute Gasteiger partial charge is 0.0991 e. The van der Waals surface area contributed by atoms with Gasteiger partial charge in [-0.3, -0.25) is 0 Å². The summed E-state index contributed by atoms with van der Waals surface area (Å²) in [5.41, 5.74) is 3.42. The number of rotatable bonds is 3. The molecule has 0 spiro atoms. The maximum absolute atomic E-state index is 5.24. The summed E-state index contributed by atoms with van der Waals surface area (Å²) in [6.45, 7) is 0. The van der Waals surface area contributed by atoms with E-state index in [1.165, 1.54) is 12.0 Å². The molecule has 1 N–H and O–H groups in total. The summed E-state index contributed by atoms with van der Waals surface area (Å²) in [4.78, 5) is 0. The van der Waals surface area contributed by atoms with Gasteiger partial charge in [-0.25, -0.2) is 5.06 Å². The Bertz CT molecular complexity index is 303. The quantitative estimate of drug-likeness (QED) is 0.573. The fourth-order valence-electron chi connectivity index (χ4n) is 1.14. The molecule has 1 heterocycles. The summed E-state index contributed by atoms with van der Waals surface area (Å²) >= 11 is 1.35. The second kappa shape index (κ2) is 2.88. The number of fused-ring (bicyclic) bond motifs is 1. The Balaban J connectivity index is 2.15. The molecule has 0 amide bonds. The van der Waals surface area contributed by atoms with Crippen molar-refractivity contribution >= 4 is 29.1 Å². The summed E-state index contributed by atoms with van der Waals surface area (Å²) in [5.74, 6) is 0. The van der Waals surface area contributed by atoms with Crippen molar-refractivity contribution in [2.75, 3.05) is 23.7 Å². The largest absolute Gasteiger partial charge is 0.388 e. The van der Waals surface area contributed by atoms with Crippen molar-refractivity contribution in [2.24, 2.45) is 0 Å². The van der Waals surface area contributed by atoms with Crippen molar-refractivity contribution in [3.05, 3.63) is 18.2 Å². The van der Waals surface area contributed by atoms with Crippen LogP contribution < -0.4 is 10.4 Å². The molecule has 1 aliphatic heterocycles. The Labute approximate surface area is 75.9 Å². The van der Waals surface area contributed by atoms with Crippen LogP contribution in [0, 0.1) is 0 Å². The van der Waals surface area contributed by atoms with Crippen LogP contribution in [0.2, 0.25) is 0 Å². The zero-order chi connectivity index (χ0) is 8.55. The van der Waals surface area contributed by atoms with E-state index in [2.05, 4.69) is 11.4 Å². The second-order valence-corrected chi connectivity index (χ2v) is 2.97. The molecule has 3 nitrogen and oxygen atoms in total. The SMILES string of the molecule is CNc1ccc2c(c1)N2OSC. The van der Waals surface area contributed by atoms with Gasteiger partial charge < -0.3 is 5.32 Å². The lowest BCUT2D eigenvalue weighted by molar-refractivity contribution is 0.418. The molecule has 0 fully saturated rings. The van der Waals surface area contributed by atoms with E-state index in [1.54, 1.807) is 0 Å². The fraction of sp³-hybridized carbons (Fsp3) is 0.250. The van der Waals surface area contributed by atoms with Gasteiger partial charge in [0.2, 0.25) is 0 Å². The van der Waals surface area contributed by atoms with Crippen LogP contribution in [-0.2, 0) is 4.28 Å². The van der Waals surface area contributed by atoms with Crippen molar-refractivity contribution < 1.29 is 4.28 Å². The van der Waals surface area contributed by atoms with Crippen LogP contribution in [-0.4, -0.2) is 13.3 Å². The average molecular weight is 182 g/mol. The summed E-state index contributed by atoms with van der Waals surface area (Å²) in [7, 11) is 1.91. The van der Waals surface area contributed by atoms with E-state index in [0.29, 0.717) is 0 Å². The number of anilines is 3. The van der Waals surface area contributed by atoms with Crippen molar-refractivity contribution in [1.82, 2.24) is 0 Å². The highest BCUT2D eigenvalue weighted by Crippen LogP contribution is 2.50. The van der Waals surface area contributed by atoms with E-state index < -0.39 is 0 Å². The van der Waals surface area contributed by atoms with Gasteiger partial charge in [-0.1, -0.05) is 0 Å². The fourth-order valence-corrected chi connectivity index (χ4v) is 1.44. The van der Waals surface area contributed by atoms with Gasteiger partial charge >= 0.3 is 0 Å². The lowest BCUT2D eigenvalue weighted by Gasteiger charge is -1.96. The maximum Gasteiger partial charge on any atom is 0.0991 e. The van der Waals surface area contributed by atoms with Gasteiger partial charge in [-0.05, 0) is 18.2 Å². The van der Waals surface area contributed by atoms with Gasteiger partial charge in [0.25, 0.3) is 0 Å². The first kappa shape index (κ1) is 7.76. The molecular formula is C8H10N2OS. The first-order chi connectivity index (χ1) is 5.86. The van der Waals surface area contributed by atoms with Gasteiger partial charge in [0, 0.05) is 31.0 Å². The Kier molecular flexibility index (Phi) is 1.86. The Hall–Kier alpha value is -0.870. The lowest BCUT2D eigenvalue weighted by atomic mass is 10.3. The number of benzene rings is 1. The third-order valence-corrected chi connectivity index (χ3v) is 2.10. The zero-order valence-electron chi connectivity index (χ0n) is 7.00. The minimum absolute atomic E-state index is 1.11. The van der Waals surface area contributed by atoms with E-state index in [0.717, 1.165) is 17.1 Å². The number of hydrogen-bond donors (Lipinski definition) is 1. The Morgan fingerprint density at radius 3 is 2.92 bits per heavy atom. The molecule has 2 rings (SSSR count). The van der Waals surface area contributed by atoms with Crippen LogP contribution in [0.25, 0.3) is 0 Å². The van der Waals surface area contributed by atoms with E-state index in [1.807, 2.05) is 30.5 Å². The molecule has 0 saturated carbocycles. The monoisotopic (exact) mass is 182 g/mol. The first-order valence-electron chi connectivity index (χ1n) is 3.69. The zero-order valence-corrected chi connectivity index (χ0v) is 7.81.